The van der Waals surface area contributed by atoms with Crippen LogP contribution >= 0.6 is 0 Å². The van der Waals surface area contributed by atoms with E-state index in [4.69, 9.17) is 0 Å². The Hall–Kier alpha value is -2.43. The molecule has 0 radical (unpaired) electrons. The van der Waals surface area contributed by atoms with Gasteiger partial charge in [-0.15, -0.1) is 0 Å². The van der Waals surface area contributed by atoms with Gasteiger partial charge >= 0.3 is 0 Å². The van der Waals surface area contributed by atoms with Crippen LogP contribution in [-0.2, 0) is 6.54 Å². The van der Waals surface area contributed by atoms with Crippen LogP contribution in [0.3, 0.4) is 0 Å². The fourth-order valence-corrected chi connectivity index (χ4v) is 2.19. The molecule has 1 saturated carbocycles. The summed E-state index contributed by atoms with van der Waals surface area (Å²) < 4.78 is 1.52. The number of aromatic nitrogens is 2. The van der Waals surface area contributed by atoms with Gasteiger partial charge in [-0.25, -0.2) is 4.98 Å². The number of carbonyl (C=O) groups is 1. The number of benzene rings is 1. The molecule has 0 aliphatic heterocycles. The van der Waals surface area contributed by atoms with E-state index in [1.54, 1.807) is 24.5 Å². The zero-order valence-corrected chi connectivity index (χ0v) is 11.7. The van der Waals surface area contributed by atoms with Crippen molar-refractivity contribution in [1.82, 2.24) is 14.9 Å². The summed E-state index contributed by atoms with van der Waals surface area (Å²) in [5.74, 6) is 0.344. The van der Waals surface area contributed by atoms with Gasteiger partial charge in [-0.3, -0.25) is 14.2 Å². The Morgan fingerprint density at radius 2 is 2.05 bits per heavy atom. The maximum atomic E-state index is 11.9. The predicted octanol–water partition coefficient (Wildman–Crippen LogP) is 1.55. The van der Waals surface area contributed by atoms with Gasteiger partial charge in [-0.05, 0) is 25.0 Å². The van der Waals surface area contributed by atoms with Crippen molar-refractivity contribution in [3.63, 3.8) is 0 Å². The lowest BCUT2D eigenvalue weighted by atomic mass is 10.2. The third-order valence-electron chi connectivity index (χ3n) is 3.57. The highest BCUT2D eigenvalue weighted by Gasteiger charge is 2.25. The fraction of sp³-hybridized carbons (Fsp3) is 0.312. The summed E-state index contributed by atoms with van der Waals surface area (Å²) in [4.78, 5) is 28.1. The first kappa shape index (κ1) is 13.5. The third kappa shape index (κ3) is 3.37. The molecule has 3 rings (SSSR count). The molecule has 5 heteroatoms. The lowest BCUT2D eigenvalue weighted by Crippen LogP contribution is -2.30. The largest absolute Gasteiger partial charge is 0.350 e. The first-order chi connectivity index (χ1) is 10.2. The van der Waals surface area contributed by atoms with Crippen molar-refractivity contribution in [2.45, 2.75) is 25.3 Å². The van der Waals surface area contributed by atoms with E-state index >= 15 is 0 Å². The molecule has 1 fully saturated rings. The van der Waals surface area contributed by atoms with Crippen LogP contribution in [-0.4, -0.2) is 22.0 Å². The zero-order valence-electron chi connectivity index (χ0n) is 11.7. The van der Waals surface area contributed by atoms with E-state index in [0.29, 0.717) is 24.6 Å². The topological polar surface area (TPSA) is 64.0 Å². The SMILES string of the molecule is O=C(NCCn1cnc(C2CC2)cc1=O)c1ccccc1. The highest BCUT2D eigenvalue weighted by atomic mass is 16.1. The van der Waals surface area contributed by atoms with Gasteiger partial charge in [0.2, 0.25) is 0 Å². The first-order valence-electron chi connectivity index (χ1n) is 7.13. The Labute approximate surface area is 122 Å². The number of amides is 1. The molecule has 0 atom stereocenters. The summed E-state index contributed by atoms with van der Waals surface area (Å²) >= 11 is 0. The van der Waals surface area contributed by atoms with Crippen molar-refractivity contribution in [3.8, 4) is 0 Å². The number of carbonyl (C=O) groups excluding carboxylic acids is 1. The molecule has 2 aromatic rings. The molecule has 0 spiro atoms. The molecule has 0 bridgehead atoms. The van der Waals surface area contributed by atoms with E-state index in [2.05, 4.69) is 10.3 Å². The quantitative estimate of drug-likeness (QED) is 0.905. The molecule has 1 heterocycles. The summed E-state index contributed by atoms with van der Waals surface area (Å²) in [5, 5.41) is 2.80. The van der Waals surface area contributed by atoms with E-state index in [0.717, 1.165) is 18.5 Å². The van der Waals surface area contributed by atoms with Crippen LogP contribution < -0.4 is 10.9 Å². The van der Waals surface area contributed by atoms with E-state index in [9.17, 15) is 9.59 Å². The number of rotatable bonds is 5. The zero-order chi connectivity index (χ0) is 14.7. The molecule has 1 aliphatic carbocycles. The van der Waals surface area contributed by atoms with Crippen molar-refractivity contribution >= 4 is 5.91 Å². The predicted molar refractivity (Wildman–Crippen MR) is 79.2 cm³/mol. The second kappa shape index (κ2) is 5.91. The van der Waals surface area contributed by atoms with Crippen LogP contribution in [0.25, 0.3) is 0 Å². The van der Waals surface area contributed by atoms with Gasteiger partial charge in [0.15, 0.2) is 0 Å². The molecule has 1 N–H and O–H groups in total. The van der Waals surface area contributed by atoms with Crippen molar-refractivity contribution in [2.75, 3.05) is 6.54 Å². The highest BCUT2D eigenvalue weighted by molar-refractivity contribution is 5.94. The van der Waals surface area contributed by atoms with Crippen LogP contribution in [0.5, 0.6) is 0 Å². The van der Waals surface area contributed by atoms with Gasteiger partial charge in [0.1, 0.15) is 0 Å². The monoisotopic (exact) mass is 283 g/mol. The first-order valence-corrected chi connectivity index (χ1v) is 7.13. The van der Waals surface area contributed by atoms with Gasteiger partial charge < -0.3 is 5.32 Å². The molecule has 0 unspecified atom stereocenters. The summed E-state index contributed by atoms with van der Waals surface area (Å²) in [5.41, 5.74) is 1.46. The molecular formula is C16H17N3O2. The van der Waals surface area contributed by atoms with Crippen molar-refractivity contribution in [3.05, 3.63) is 64.3 Å². The van der Waals surface area contributed by atoms with E-state index in [1.165, 1.54) is 4.57 Å². The minimum Gasteiger partial charge on any atom is -0.350 e. The smallest absolute Gasteiger partial charge is 0.253 e. The summed E-state index contributed by atoms with van der Waals surface area (Å²) in [6, 6.07) is 10.6. The Balaban J connectivity index is 1.56. The lowest BCUT2D eigenvalue weighted by Gasteiger charge is -2.08. The number of nitrogens with one attached hydrogen (secondary N) is 1. The number of hydrogen-bond donors (Lipinski definition) is 1. The number of hydrogen-bond acceptors (Lipinski definition) is 3. The lowest BCUT2D eigenvalue weighted by molar-refractivity contribution is 0.0952. The average molecular weight is 283 g/mol. The number of nitrogens with zero attached hydrogens (tertiary/aromatic N) is 2. The Morgan fingerprint density at radius 1 is 1.29 bits per heavy atom. The normalized spacial score (nSPS) is 13.9. The van der Waals surface area contributed by atoms with Gasteiger partial charge in [-0.1, -0.05) is 18.2 Å². The molecular weight excluding hydrogens is 266 g/mol. The summed E-state index contributed by atoms with van der Waals surface area (Å²) in [6.07, 6.45) is 3.83. The van der Waals surface area contributed by atoms with Gasteiger partial charge in [0.25, 0.3) is 11.5 Å². The Morgan fingerprint density at radius 3 is 2.71 bits per heavy atom. The maximum Gasteiger partial charge on any atom is 0.253 e. The van der Waals surface area contributed by atoms with Crippen molar-refractivity contribution in [1.29, 1.82) is 0 Å². The van der Waals surface area contributed by atoms with E-state index in [-0.39, 0.29) is 11.5 Å². The summed E-state index contributed by atoms with van der Waals surface area (Å²) in [6.45, 7) is 0.827. The van der Waals surface area contributed by atoms with Crippen molar-refractivity contribution in [2.24, 2.45) is 0 Å². The average Bonchev–Trinajstić information content (AvgIpc) is 3.34. The summed E-state index contributed by atoms with van der Waals surface area (Å²) in [7, 11) is 0. The molecule has 1 aromatic carbocycles. The molecule has 108 valence electrons. The molecule has 0 saturated heterocycles. The molecule has 21 heavy (non-hydrogen) atoms. The van der Waals surface area contributed by atoms with Crippen LogP contribution in [0.15, 0.2) is 47.5 Å². The molecule has 1 aromatic heterocycles. The molecule has 5 nitrogen and oxygen atoms in total. The highest BCUT2D eigenvalue weighted by Crippen LogP contribution is 2.38. The maximum absolute atomic E-state index is 11.9. The van der Waals surface area contributed by atoms with E-state index < -0.39 is 0 Å². The van der Waals surface area contributed by atoms with E-state index in [1.807, 2.05) is 18.2 Å². The van der Waals surface area contributed by atoms with Crippen molar-refractivity contribution < 1.29 is 4.79 Å². The fourth-order valence-electron chi connectivity index (χ4n) is 2.19. The van der Waals surface area contributed by atoms with Gasteiger partial charge in [0.05, 0.1) is 12.0 Å². The van der Waals surface area contributed by atoms with Gasteiger partial charge in [-0.2, -0.15) is 0 Å². The molecule has 1 amide bonds. The third-order valence-corrected chi connectivity index (χ3v) is 3.57. The Kier molecular flexibility index (Phi) is 3.81. The van der Waals surface area contributed by atoms with Crippen LogP contribution in [0.1, 0.15) is 34.8 Å². The second-order valence-corrected chi connectivity index (χ2v) is 5.24. The standard InChI is InChI=1S/C16H17N3O2/c20-15-10-14(12-6-7-12)18-11-19(15)9-8-17-16(21)13-4-2-1-3-5-13/h1-5,10-12H,6-9H2,(H,17,21). The van der Waals surface area contributed by atoms with Gasteiger partial charge in [0, 0.05) is 30.6 Å². The van der Waals surface area contributed by atoms with Crippen LogP contribution in [0.2, 0.25) is 0 Å². The second-order valence-electron chi connectivity index (χ2n) is 5.24. The van der Waals surface area contributed by atoms with Crippen LogP contribution in [0, 0.1) is 0 Å². The Bertz CT molecular complexity index is 690. The van der Waals surface area contributed by atoms with Crippen LogP contribution in [0.4, 0.5) is 0 Å². The molecule has 1 aliphatic rings. The minimum absolute atomic E-state index is 0.0548. The minimum atomic E-state index is -0.133.